The monoisotopic (exact) mass is 636 g/mol. The van der Waals surface area contributed by atoms with E-state index in [1.807, 2.05) is 62.3 Å². The van der Waals surface area contributed by atoms with Crippen LogP contribution >= 0.6 is 0 Å². The molecule has 9 nitrogen and oxygen atoms in total. The number of esters is 3. The van der Waals surface area contributed by atoms with Crippen LogP contribution in [0.1, 0.15) is 134 Å². The predicted octanol–water partition coefficient (Wildman–Crippen LogP) is 8.15. The van der Waals surface area contributed by atoms with Crippen LogP contribution in [-0.4, -0.2) is 67.9 Å². The van der Waals surface area contributed by atoms with Crippen molar-refractivity contribution >= 4 is 26.7 Å². The van der Waals surface area contributed by atoms with Gasteiger partial charge < -0.3 is 27.5 Å². The highest BCUT2D eigenvalue weighted by Gasteiger charge is 2.37. The van der Waals surface area contributed by atoms with Gasteiger partial charge in [0.05, 0.1) is 30.0 Å². The molecule has 1 unspecified atom stereocenters. The minimum Gasteiger partial charge on any atom is -0.469 e. The first-order chi connectivity index (χ1) is 19.9. The SMILES string of the molecule is CCC(C)(C)C(=O)OC.CCC(C)(C)C(=O)OCCC[Si](OC)(OC)OC.CCCCCC(CC)OC(=O)C(C)(C)CC. The van der Waals surface area contributed by atoms with Gasteiger partial charge in [0.15, 0.2) is 0 Å². The molecular weight excluding hydrogens is 568 g/mol. The third-order valence-corrected chi connectivity index (χ3v) is 11.0. The Kier molecular flexibility index (Phi) is 25.5. The minimum atomic E-state index is -2.53. The summed E-state index contributed by atoms with van der Waals surface area (Å²) in [6, 6.07) is 0.635. The van der Waals surface area contributed by atoms with Crippen molar-refractivity contribution in [2.75, 3.05) is 35.0 Å². The highest BCUT2D eigenvalue weighted by Crippen LogP contribution is 2.24. The number of unbranched alkanes of at least 4 members (excludes halogenated alkanes) is 2. The van der Waals surface area contributed by atoms with E-state index in [4.69, 9.17) is 22.8 Å². The molecule has 0 fully saturated rings. The number of carbonyl (C=O) groups excluding carboxylic acids is 3. The summed E-state index contributed by atoms with van der Waals surface area (Å²) in [5, 5.41) is 0. The molecule has 0 aliphatic heterocycles. The van der Waals surface area contributed by atoms with Gasteiger partial charge in [-0.25, -0.2) is 0 Å². The van der Waals surface area contributed by atoms with Crippen LogP contribution in [0.15, 0.2) is 0 Å². The molecule has 0 radical (unpaired) electrons. The fourth-order valence-corrected chi connectivity index (χ4v) is 4.88. The van der Waals surface area contributed by atoms with Crippen LogP contribution in [0.2, 0.25) is 6.04 Å². The molecule has 0 spiro atoms. The fraction of sp³-hybridized carbons (Fsp3) is 0.909. The minimum absolute atomic E-state index is 0.0432. The molecule has 43 heavy (non-hydrogen) atoms. The average molecular weight is 637 g/mol. The lowest BCUT2D eigenvalue weighted by molar-refractivity contribution is -0.160. The quantitative estimate of drug-likeness (QED) is 0.0601. The van der Waals surface area contributed by atoms with E-state index >= 15 is 0 Å². The van der Waals surface area contributed by atoms with Gasteiger partial charge in [-0.3, -0.25) is 14.4 Å². The predicted molar refractivity (Wildman–Crippen MR) is 176 cm³/mol. The van der Waals surface area contributed by atoms with Crippen molar-refractivity contribution in [1.29, 1.82) is 0 Å². The zero-order valence-corrected chi connectivity index (χ0v) is 31.5. The van der Waals surface area contributed by atoms with Crippen LogP contribution in [0.5, 0.6) is 0 Å². The number of hydrogen-bond acceptors (Lipinski definition) is 9. The van der Waals surface area contributed by atoms with E-state index in [1.54, 1.807) is 21.3 Å². The van der Waals surface area contributed by atoms with E-state index in [-0.39, 0.29) is 34.8 Å². The highest BCUT2D eigenvalue weighted by atomic mass is 28.4. The molecule has 0 saturated heterocycles. The molecule has 0 bridgehead atoms. The molecule has 0 aromatic heterocycles. The summed E-state index contributed by atoms with van der Waals surface area (Å²) in [4.78, 5) is 34.4. The number of carbonyl (C=O) groups is 3. The molecule has 0 aromatic carbocycles. The highest BCUT2D eigenvalue weighted by molar-refractivity contribution is 6.60. The third kappa shape index (κ3) is 19.5. The molecule has 0 saturated carbocycles. The van der Waals surface area contributed by atoms with Crippen LogP contribution in [-0.2, 0) is 41.9 Å². The van der Waals surface area contributed by atoms with Crippen LogP contribution < -0.4 is 0 Å². The van der Waals surface area contributed by atoms with Crippen molar-refractivity contribution in [3.05, 3.63) is 0 Å². The molecule has 0 heterocycles. The van der Waals surface area contributed by atoms with Crippen LogP contribution in [0, 0.1) is 16.2 Å². The molecule has 0 aromatic rings. The zero-order valence-electron chi connectivity index (χ0n) is 30.5. The van der Waals surface area contributed by atoms with E-state index in [2.05, 4.69) is 18.6 Å². The number of ether oxygens (including phenoxy) is 3. The summed E-state index contributed by atoms with van der Waals surface area (Å²) >= 11 is 0. The maximum atomic E-state index is 11.9. The van der Waals surface area contributed by atoms with E-state index in [9.17, 15) is 14.4 Å². The van der Waals surface area contributed by atoms with E-state index in [0.29, 0.717) is 19.1 Å². The normalized spacial score (nSPS) is 12.6. The van der Waals surface area contributed by atoms with Crippen molar-refractivity contribution in [1.82, 2.24) is 0 Å². The van der Waals surface area contributed by atoms with Crippen LogP contribution in [0.4, 0.5) is 0 Å². The van der Waals surface area contributed by atoms with Crippen molar-refractivity contribution in [3.63, 3.8) is 0 Å². The van der Waals surface area contributed by atoms with Gasteiger partial charge in [0.1, 0.15) is 6.10 Å². The second-order valence-electron chi connectivity index (χ2n) is 12.7. The van der Waals surface area contributed by atoms with Gasteiger partial charge in [0.25, 0.3) is 0 Å². The smallest absolute Gasteiger partial charge is 0.469 e. The molecule has 258 valence electrons. The molecule has 0 amide bonds. The fourth-order valence-electron chi connectivity index (χ4n) is 3.19. The summed E-state index contributed by atoms with van der Waals surface area (Å²) in [5.41, 5.74) is -1.06. The molecule has 0 aliphatic carbocycles. The van der Waals surface area contributed by atoms with E-state index in [1.165, 1.54) is 20.0 Å². The Labute approximate surface area is 265 Å². The van der Waals surface area contributed by atoms with Gasteiger partial charge in [0.2, 0.25) is 0 Å². The molecule has 10 heteroatoms. The Morgan fingerprint density at radius 2 is 1.07 bits per heavy atom. The van der Waals surface area contributed by atoms with Crippen LogP contribution in [0.3, 0.4) is 0 Å². The first kappa shape index (κ1) is 45.9. The first-order valence-corrected chi connectivity index (χ1v) is 17.9. The Hall–Kier alpha value is -1.49. The summed E-state index contributed by atoms with van der Waals surface area (Å²) in [6.07, 6.45) is 8.74. The van der Waals surface area contributed by atoms with Gasteiger partial charge in [-0.15, -0.1) is 0 Å². The number of rotatable bonds is 19. The first-order valence-electron chi connectivity index (χ1n) is 16.0. The topological polar surface area (TPSA) is 107 Å². The second kappa shape index (κ2) is 23.8. The summed E-state index contributed by atoms with van der Waals surface area (Å²) < 4.78 is 31.2. The van der Waals surface area contributed by atoms with Crippen molar-refractivity contribution in [3.8, 4) is 0 Å². The maximum Gasteiger partial charge on any atom is 0.500 e. The Bertz CT molecular complexity index is 738. The van der Waals surface area contributed by atoms with Gasteiger partial charge in [-0.1, -0.05) is 47.5 Å². The molecule has 0 rings (SSSR count). The largest absolute Gasteiger partial charge is 0.500 e. The van der Waals surface area contributed by atoms with Crippen molar-refractivity contribution in [2.45, 2.75) is 146 Å². The standard InChI is InChI=1S/C14H28O2.C12H26O5Si.C7H14O2/c1-6-9-10-11-12(7-2)16-13(15)14(4,5)8-3;1-7-12(2,3)11(13)17-9-8-10-18(14-4,15-5)16-6;1-5-7(2,3)6(8)9-4/h12H,6-11H2,1-5H3;7-10H2,1-6H3;5H2,1-4H3. The lowest BCUT2D eigenvalue weighted by Crippen LogP contribution is -2.42. The number of hydrogen-bond donors (Lipinski definition) is 0. The summed E-state index contributed by atoms with van der Waals surface area (Å²) in [5.74, 6) is -0.340. The second-order valence-corrected chi connectivity index (χ2v) is 15.8. The van der Waals surface area contributed by atoms with Gasteiger partial charge in [-0.2, -0.15) is 0 Å². The molecule has 0 aliphatic rings. The van der Waals surface area contributed by atoms with Gasteiger partial charge in [0, 0.05) is 27.4 Å². The van der Waals surface area contributed by atoms with Crippen molar-refractivity contribution < 1.29 is 41.9 Å². The summed E-state index contributed by atoms with van der Waals surface area (Å²) in [7, 11) is 3.61. The number of methoxy groups -OCH3 is 1. The van der Waals surface area contributed by atoms with E-state index < -0.39 is 14.2 Å². The molecule has 1 atom stereocenters. The third-order valence-electron chi connectivity index (χ3n) is 8.15. The summed E-state index contributed by atoms with van der Waals surface area (Å²) in [6.45, 7) is 22.0. The Morgan fingerprint density at radius 1 is 0.628 bits per heavy atom. The zero-order chi connectivity index (χ0) is 34.3. The molecule has 0 N–H and O–H groups in total. The van der Waals surface area contributed by atoms with Gasteiger partial charge in [-0.05, 0) is 86.5 Å². The van der Waals surface area contributed by atoms with Crippen LogP contribution in [0.25, 0.3) is 0 Å². The lowest BCUT2D eigenvalue weighted by Gasteiger charge is -2.24. The van der Waals surface area contributed by atoms with E-state index in [0.717, 1.165) is 38.5 Å². The molecular formula is C33H68O9Si. The average Bonchev–Trinajstić information content (AvgIpc) is 3.00. The van der Waals surface area contributed by atoms with Gasteiger partial charge >= 0.3 is 26.7 Å². The Balaban J connectivity index is -0.000000588. The van der Waals surface area contributed by atoms with Crippen molar-refractivity contribution in [2.24, 2.45) is 16.2 Å². The maximum absolute atomic E-state index is 11.9. The Morgan fingerprint density at radius 3 is 1.42 bits per heavy atom. The lowest BCUT2D eigenvalue weighted by atomic mass is 9.90.